The van der Waals surface area contributed by atoms with E-state index in [1.54, 1.807) is 0 Å². The lowest BCUT2D eigenvalue weighted by Crippen LogP contribution is -2.26. The third-order valence-corrected chi connectivity index (χ3v) is 0.876. The van der Waals surface area contributed by atoms with Gasteiger partial charge in [-0.3, -0.25) is 10.5 Å². The first-order chi connectivity index (χ1) is 4.81. The van der Waals surface area contributed by atoms with E-state index in [4.69, 9.17) is 15.2 Å². The molecule has 0 heterocycles. The van der Waals surface area contributed by atoms with Gasteiger partial charge in [-0.2, -0.15) is 0 Å². The molecule has 1 atom stereocenters. The van der Waals surface area contributed by atoms with Crippen LogP contribution in [0, 0.1) is 0 Å². The van der Waals surface area contributed by atoms with Crippen molar-refractivity contribution in [2.24, 2.45) is 5.73 Å². The van der Waals surface area contributed by atoms with Crippen molar-refractivity contribution in [3.63, 3.8) is 0 Å². The summed E-state index contributed by atoms with van der Waals surface area (Å²) < 4.78 is 9.71. The van der Waals surface area contributed by atoms with Gasteiger partial charge in [0.15, 0.2) is 12.5 Å². The number of carbonyl (C=O) groups excluding carboxylic acids is 1. The molecule has 4 nitrogen and oxygen atoms in total. The van der Waals surface area contributed by atoms with Crippen molar-refractivity contribution in [3.05, 3.63) is 0 Å². The molecule has 0 fully saturated rings. The van der Waals surface area contributed by atoms with Crippen molar-refractivity contribution < 1.29 is 14.3 Å². The standard InChI is InChI=1S/C6H13NO3/c1-2-9-3-4-10-6(7)5-8/h5-6H,2-4,7H2,1H3. The van der Waals surface area contributed by atoms with Gasteiger partial charge in [0, 0.05) is 6.61 Å². The minimum atomic E-state index is -0.805. The third kappa shape index (κ3) is 5.68. The SMILES string of the molecule is CCOCCOC(N)C=O. The van der Waals surface area contributed by atoms with Crippen molar-refractivity contribution in [2.45, 2.75) is 13.2 Å². The Morgan fingerprint density at radius 3 is 2.80 bits per heavy atom. The molecule has 0 aliphatic heterocycles. The fourth-order valence-electron chi connectivity index (χ4n) is 0.427. The molecular weight excluding hydrogens is 134 g/mol. The average Bonchev–Trinajstić information content (AvgIpc) is 1.98. The van der Waals surface area contributed by atoms with Crippen LogP contribution in [0.4, 0.5) is 0 Å². The second-order valence-electron chi connectivity index (χ2n) is 1.67. The van der Waals surface area contributed by atoms with E-state index in [0.29, 0.717) is 26.1 Å². The van der Waals surface area contributed by atoms with Crippen LogP contribution in [0.5, 0.6) is 0 Å². The summed E-state index contributed by atoms with van der Waals surface area (Å²) in [4.78, 5) is 9.88. The fourth-order valence-corrected chi connectivity index (χ4v) is 0.427. The summed E-state index contributed by atoms with van der Waals surface area (Å²) in [5, 5.41) is 0. The molecule has 10 heavy (non-hydrogen) atoms. The van der Waals surface area contributed by atoms with Crippen molar-refractivity contribution in [3.8, 4) is 0 Å². The van der Waals surface area contributed by atoms with Crippen LogP contribution in [0.3, 0.4) is 0 Å². The summed E-state index contributed by atoms with van der Waals surface area (Å²) in [6.45, 7) is 3.39. The molecule has 0 radical (unpaired) electrons. The van der Waals surface area contributed by atoms with E-state index in [1.807, 2.05) is 6.92 Å². The highest BCUT2D eigenvalue weighted by atomic mass is 16.5. The Bertz CT molecular complexity index is 87.1. The Kier molecular flexibility index (Phi) is 6.37. The van der Waals surface area contributed by atoms with Gasteiger partial charge in [-0.15, -0.1) is 0 Å². The maximum atomic E-state index is 9.88. The summed E-state index contributed by atoms with van der Waals surface area (Å²) in [6.07, 6.45) is -0.258. The molecule has 0 aromatic heterocycles. The van der Waals surface area contributed by atoms with E-state index in [0.717, 1.165) is 0 Å². The number of rotatable bonds is 6. The fraction of sp³-hybridized carbons (Fsp3) is 0.833. The first kappa shape index (κ1) is 9.55. The molecule has 0 aliphatic carbocycles. The molecule has 4 heteroatoms. The highest BCUT2D eigenvalue weighted by Gasteiger charge is 1.96. The van der Waals surface area contributed by atoms with Crippen LogP contribution in [-0.2, 0) is 14.3 Å². The Morgan fingerprint density at radius 1 is 1.60 bits per heavy atom. The number of ether oxygens (including phenoxy) is 2. The maximum Gasteiger partial charge on any atom is 0.163 e. The smallest absolute Gasteiger partial charge is 0.163 e. The van der Waals surface area contributed by atoms with Crippen molar-refractivity contribution in [1.82, 2.24) is 0 Å². The number of aldehydes is 1. The lowest BCUT2D eigenvalue weighted by molar-refractivity contribution is -0.118. The van der Waals surface area contributed by atoms with Crippen LogP contribution in [0.2, 0.25) is 0 Å². The molecule has 0 aromatic rings. The van der Waals surface area contributed by atoms with Crippen molar-refractivity contribution in [2.75, 3.05) is 19.8 Å². The zero-order chi connectivity index (χ0) is 7.82. The van der Waals surface area contributed by atoms with E-state index >= 15 is 0 Å². The predicted molar refractivity (Wildman–Crippen MR) is 36.5 cm³/mol. The van der Waals surface area contributed by atoms with Gasteiger partial charge in [0.2, 0.25) is 0 Å². The van der Waals surface area contributed by atoms with Crippen molar-refractivity contribution in [1.29, 1.82) is 0 Å². The van der Waals surface area contributed by atoms with E-state index < -0.39 is 6.23 Å². The highest BCUT2D eigenvalue weighted by Crippen LogP contribution is 1.79. The van der Waals surface area contributed by atoms with E-state index in [-0.39, 0.29) is 0 Å². The number of hydrogen-bond donors (Lipinski definition) is 1. The Hall–Kier alpha value is -0.450. The number of carbonyl (C=O) groups is 1. The minimum Gasteiger partial charge on any atom is -0.379 e. The van der Waals surface area contributed by atoms with Gasteiger partial charge in [0.25, 0.3) is 0 Å². The zero-order valence-corrected chi connectivity index (χ0v) is 6.08. The molecule has 0 rings (SSSR count). The largest absolute Gasteiger partial charge is 0.379 e. The summed E-state index contributed by atoms with van der Waals surface area (Å²) in [7, 11) is 0. The van der Waals surface area contributed by atoms with Crippen LogP contribution in [-0.4, -0.2) is 32.3 Å². The van der Waals surface area contributed by atoms with E-state index in [9.17, 15) is 4.79 Å². The molecular formula is C6H13NO3. The summed E-state index contributed by atoms with van der Waals surface area (Å²) in [5.41, 5.74) is 5.11. The van der Waals surface area contributed by atoms with Gasteiger partial charge in [-0.1, -0.05) is 0 Å². The second-order valence-corrected chi connectivity index (χ2v) is 1.67. The van der Waals surface area contributed by atoms with Gasteiger partial charge in [0.1, 0.15) is 0 Å². The number of hydrogen-bond acceptors (Lipinski definition) is 4. The quantitative estimate of drug-likeness (QED) is 0.313. The predicted octanol–water partition coefficient (Wildman–Crippen LogP) is -0.477. The first-order valence-corrected chi connectivity index (χ1v) is 3.21. The Balaban J connectivity index is 2.95. The zero-order valence-electron chi connectivity index (χ0n) is 6.08. The average molecular weight is 147 g/mol. The second kappa shape index (κ2) is 6.67. The minimum absolute atomic E-state index is 0.369. The molecule has 1 unspecified atom stereocenters. The summed E-state index contributed by atoms with van der Waals surface area (Å²) >= 11 is 0. The van der Waals surface area contributed by atoms with Gasteiger partial charge < -0.3 is 9.47 Å². The normalized spacial score (nSPS) is 13.0. The Labute approximate surface area is 60.3 Å². The molecule has 0 spiro atoms. The van der Waals surface area contributed by atoms with E-state index in [1.165, 1.54) is 0 Å². The van der Waals surface area contributed by atoms with Gasteiger partial charge in [-0.25, -0.2) is 0 Å². The maximum absolute atomic E-state index is 9.88. The molecule has 0 aromatic carbocycles. The van der Waals surface area contributed by atoms with E-state index in [2.05, 4.69) is 0 Å². The van der Waals surface area contributed by atoms with Crippen LogP contribution in [0.1, 0.15) is 6.92 Å². The summed E-state index contributed by atoms with van der Waals surface area (Å²) in [5.74, 6) is 0. The third-order valence-electron chi connectivity index (χ3n) is 0.876. The van der Waals surface area contributed by atoms with Gasteiger partial charge >= 0.3 is 0 Å². The summed E-state index contributed by atoms with van der Waals surface area (Å²) in [6, 6.07) is 0. The topological polar surface area (TPSA) is 61.6 Å². The van der Waals surface area contributed by atoms with Crippen molar-refractivity contribution >= 4 is 6.29 Å². The molecule has 0 amide bonds. The molecule has 60 valence electrons. The molecule has 0 bridgehead atoms. The molecule has 2 N–H and O–H groups in total. The van der Waals surface area contributed by atoms with Gasteiger partial charge in [0.05, 0.1) is 13.2 Å². The number of nitrogens with two attached hydrogens (primary N) is 1. The molecule has 0 saturated heterocycles. The van der Waals surface area contributed by atoms with Gasteiger partial charge in [-0.05, 0) is 6.92 Å². The van der Waals surface area contributed by atoms with Crippen LogP contribution < -0.4 is 5.73 Å². The van der Waals surface area contributed by atoms with Crippen LogP contribution in [0.15, 0.2) is 0 Å². The Morgan fingerprint density at radius 2 is 2.30 bits per heavy atom. The molecule has 0 saturated carbocycles. The highest BCUT2D eigenvalue weighted by molar-refractivity contribution is 5.54. The first-order valence-electron chi connectivity index (χ1n) is 3.21. The molecule has 0 aliphatic rings. The van der Waals surface area contributed by atoms with Crippen LogP contribution >= 0.6 is 0 Å². The lowest BCUT2D eigenvalue weighted by Gasteiger charge is -2.05. The van der Waals surface area contributed by atoms with Crippen LogP contribution in [0.25, 0.3) is 0 Å². The monoisotopic (exact) mass is 147 g/mol. The lowest BCUT2D eigenvalue weighted by atomic mass is 10.6.